The molecular formula is C12H15F2N. The molecule has 0 aliphatic heterocycles. The molecule has 1 aromatic rings. The van der Waals surface area contributed by atoms with E-state index in [2.05, 4.69) is 5.32 Å². The summed E-state index contributed by atoms with van der Waals surface area (Å²) in [7, 11) is 0. The highest BCUT2D eigenvalue weighted by molar-refractivity contribution is 5.19. The van der Waals surface area contributed by atoms with E-state index >= 15 is 0 Å². The largest absolute Gasteiger partial charge is 0.312 e. The fourth-order valence-corrected chi connectivity index (χ4v) is 1.27. The smallest absolute Gasteiger partial charge is 0.130 e. The number of benzene rings is 1. The maximum absolute atomic E-state index is 13.1. The molecule has 1 aromatic carbocycles. The van der Waals surface area contributed by atoms with Gasteiger partial charge < -0.3 is 5.32 Å². The van der Waals surface area contributed by atoms with Gasteiger partial charge >= 0.3 is 0 Å². The van der Waals surface area contributed by atoms with Gasteiger partial charge in [-0.25, -0.2) is 8.78 Å². The maximum Gasteiger partial charge on any atom is 0.130 e. The van der Waals surface area contributed by atoms with Crippen LogP contribution in [0.4, 0.5) is 8.78 Å². The third kappa shape index (κ3) is 3.80. The van der Waals surface area contributed by atoms with Crippen molar-refractivity contribution in [2.24, 2.45) is 0 Å². The molecule has 1 rings (SSSR count). The van der Waals surface area contributed by atoms with Crippen molar-refractivity contribution in [2.45, 2.75) is 19.9 Å². The number of hydrogen-bond donors (Lipinski definition) is 1. The zero-order valence-corrected chi connectivity index (χ0v) is 8.76. The van der Waals surface area contributed by atoms with Gasteiger partial charge in [-0.1, -0.05) is 18.2 Å². The Hall–Kier alpha value is -1.22. The first-order chi connectivity index (χ1) is 7.25. The number of allylic oxidation sites excluding steroid dienone is 1. The first-order valence-electron chi connectivity index (χ1n) is 5.00. The average molecular weight is 211 g/mol. The van der Waals surface area contributed by atoms with Crippen LogP contribution in [0.1, 0.15) is 18.9 Å². The van der Waals surface area contributed by atoms with Crippen molar-refractivity contribution in [1.82, 2.24) is 5.32 Å². The molecule has 0 spiro atoms. The predicted molar refractivity (Wildman–Crippen MR) is 57.5 cm³/mol. The fourth-order valence-electron chi connectivity index (χ4n) is 1.27. The Morgan fingerprint density at radius 2 is 1.93 bits per heavy atom. The van der Waals surface area contributed by atoms with E-state index in [9.17, 15) is 8.78 Å². The number of halogens is 2. The summed E-state index contributed by atoms with van der Waals surface area (Å²) >= 11 is 0. The molecule has 0 aliphatic carbocycles. The maximum atomic E-state index is 13.1. The summed E-state index contributed by atoms with van der Waals surface area (Å²) in [6, 6.07) is 3.91. The Morgan fingerprint density at radius 1 is 1.27 bits per heavy atom. The molecule has 3 heteroatoms. The average Bonchev–Trinajstić information content (AvgIpc) is 2.21. The highest BCUT2D eigenvalue weighted by Crippen LogP contribution is 2.11. The molecule has 0 radical (unpaired) electrons. The van der Waals surface area contributed by atoms with E-state index in [1.165, 1.54) is 18.2 Å². The van der Waals surface area contributed by atoms with E-state index in [1.807, 2.05) is 19.1 Å². The minimum Gasteiger partial charge on any atom is -0.312 e. The lowest BCUT2D eigenvalue weighted by molar-refractivity contribution is 0.537. The first-order valence-corrected chi connectivity index (χ1v) is 5.00. The second-order valence-electron chi connectivity index (χ2n) is 3.23. The van der Waals surface area contributed by atoms with E-state index in [-0.39, 0.29) is 12.1 Å². The van der Waals surface area contributed by atoms with Crippen LogP contribution in [0.3, 0.4) is 0 Å². The highest BCUT2D eigenvalue weighted by atomic mass is 19.1. The van der Waals surface area contributed by atoms with E-state index < -0.39 is 11.6 Å². The Balaban J connectivity index is 2.43. The van der Waals surface area contributed by atoms with Crippen LogP contribution in [0.25, 0.3) is 0 Å². The molecule has 0 fully saturated rings. The quantitative estimate of drug-likeness (QED) is 0.583. The monoisotopic (exact) mass is 211 g/mol. The molecule has 0 bridgehead atoms. The molecule has 1 N–H and O–H groups in total. The molecule has 0 saturated heterocycles. The Morgan fingerprint density at radius 3 is 2.53 bits per heavy atom. The van der Waals surface area contributed by atoms with Crippen LogP contribution in [0.15, 0.2) is 30.4 Å². The molecule has 0 unspecified atom stereocenters. The van der Waals surface area contributed by atoms with E-state index in [1.54, 1.807) is 0 Å². The SMILES string of the molecule is C/C=C/CCNCc1c(F)cccc1F. The van der Waals surface area contributed by atoms with E-state index in [4.69, 9.17) is 0 Å². The Kier molecular flexibility index (Phi) is 4.98. The van der Waals surface area contributed by atoms with Gasteiger partial charge in [-0.3, -0.25) is 0 Å². The minimum atomic E-state index is -0.492. The number of nitrogens with one attached hydrogen (secondary N) is 1. The van der Waals surface area contributed by atoms with Gasteiger partial charge in [-0.05, 0) is 32.0 Å². The van der Waals surface area contributed by atoms with Crippen molar-refractivity contribution in [3.05, 3.63) is 47.5 Å². The van der Waals surface area contributed by atoms with Gasteiger partial charge in [0.2, 0.25) is 0 Å². The van der Waals surface area contributed by atoms with Crippen molar-refractivity contribution >= 4 is 0 Å². The second-order valence-corrected chi connectivity index (χ2v) is 3.23. The molecule has 0 saturated carbocycles. The third-order valence-electron chi connectivity index (χ3n) is 2.09. The molecule has 0 atom stereocenters. The van der Waals surface area contributed by atoms with Gasteiger partial charge in [0.25, 0.3) is 0 Å². The van der Waals surface area contributed by atoms with Crippen LogP contribution >= 0.6 is 0 Å². The zero-order chi connectivity index (χ0) is 11.1. The van der Waals surface area contributed by atoms with Gasteiger partial charge in [-0.2, -0.15) is 0 Å². The predicted octanol–water partition coefficient (Wildman–Crippen LogP) is 3.02. The molecule has 15 heavy (non-hydrogen) atoms. The van der Waals surface area contributed by atoms with Crippen LogP contribution in [-0.2, 0) is 6.54 Å². The van der Waals surface area contributed by atoms with Crippen molar-refractivity contribution in [3.63, 3.8) is 0 Å². The van der Waals surface area contributed by atoms with Crippen molar-refractivity contribution in [1.29, 1.82) is 0 Å². The van der Waals surface area contributed by atoms with E-state index in [0.29, 0.717) is 0 Å². The highest BCUT2D eigenvalue weighted by Gasteiger charge is 2.06. The molecule has 0 aromatic heterocycles. The van der Waals surface area contributed by atoms with Crippen LogP contribution in [-0.4, -0.2) is 6.54 Å². The lowest BCUT2D eigenvalue weighted by Gasteiger charge is -2.05. The summed E-state index contributed by atoms with van der Waals surface area (Å²) in [6.45, 7) is 2.89. The molecule has 1 nitrogen and oxygen atoms in total. The summed E-state index contributed by atoms with van der Waals surface area (Å²) in [5, 5.41) is 2.99. The molecule has 0 aliphatic rings. The van der Waals surface area contributed by atoms with Gasteiger partial charge in [0.15, 0.2) is 0 Å². The molecule has 82 valence electrons. The first kappa shape index (κ1) is 11.9. The van der Waals surface area contributed by atoms with Crippen LogP contribution in [0.2, 0.25) is 0 Å². The topological polar surface area (TPSA) is 12.0 Å². The summed E-state index contributed by atoms with van der Waals surface area (Å²) in [5.74, 6) is -0.984. The van der Waals surface area contributed by atoms with Crippen molar-refractivity contribution < 1.29 is 8.78 Å². The lowest BCUT2D eigenvalue weighted by Crippen LogP contribution is -2.16. The number of rotatable bonds is 5. The summed E-state index contributed by atoms with van der Waals surface area (Å²) in [6.07, 6.45) is 4.82. The summed E-state index contributed by atoms with van der Waals surface area (Å²) < 4.78 is 26.3. The summed E-state index contributed by atoms with van der Waals surface area (Å²) in [5.41, 5.74) is 0.109. The van der Waals surface area contributed by atoms with Gasteiger partial charge in [0.1, 0.15) is 11.6 Å². The second kappa shape index (κ2) is 6.30. The molecular weight excluding hydrogens is 196 g/mol. The van der Waals surface area contributed by atoms with Gasteiger partial charge in [0.05, 0.1) is 0 Å². The lowest BCUT2D eigenvalue weighted by atomic mass is 10.2. The third-order valence-corrected chi connectivity index (χ3v) is 2.09. The van der Waals surface area contributed by atoms with E-state index in [0.717, 1.165) is 13.0 Å². The molecule has 0 amide bonds. The fraction of sp³-hybridized carbons (Fsp3) is 0.333. The van der Waals surface area contributed by atoms with Gasteiger partial charge in [0, 0.05) is 12.1 Å². The van der Waals surface area contributed by atoms with Crippen LogP contribution in [0.5, 0.6) is 0 Å². The zero-order valence-electron chi connectivity index (χ0n) is 8.76. The van der Waals surface area contributed by atoms with Crippen LogP contribution < -0.4 is 5.32 Å². The number of hydrogen-bond acceptors (Lipinski definition) is 1. The van der Waals surface area contributed by atoms with Crippen molar-refractivity contribution in [2.75, 3.05) is 6.54 Å². The Labute approximate surface area is 88.8 Å². The van der Waals surface area contributed by atoms with Gasteiger partial charge in [-0.15, -0.1) is 0 Å². The summed E-state index contributed by atoms with van der Waals surface area (Å²) in [4.78, 5) is 0. The van der Waals surface area contributed by atoms with Crippen molar-refractivity contribution in [3.8, 4) is 0 Å². The standard InChI is InChI=1S/C12H15F2N/c1-2-3-4-8-15-9-10-11(13)6-5-7-12(10)14/h2-3,5-7,15H,4,8-9H2,1H3/b3-2+. The minimum absolute atomic E-state index is 0.109. The Bertz CT molecular complexity index is 314. The molecule has 0 heterocycles. The normalized spacial score (nSPS) is 11.1. The van der Waals surface area contributed by atoms with Crippen LogP contribution in [0, 0.1) is 11.6 Å².